The molecule has 2 N–H and O–H groups in total. The lowest BCUT2D eigenvalue weighted by atomic mass is 10.1. The molecule has 14 heavy (non-hydrogen) atoms. The molecular formula is C11H20N2O. The number of carbonyl (C=O) groups excluding carboxylic acids is 1. The number of nitrogens with one attached hydrogen (secondary N) is 2. The maximum Gasteiger partial charge on any atom is 0.236 e. The Hall–Kier alpha value is -0.830. The van der Waals surface area contributed by atoms with E-state index < -0.39 is 0 Å². The van der Waals surface area contributed by atoms with Gasteiger partial charge < -0.3 is 10.6 Å². The van der Waals surface area contributed by atoms with E-state index in [2.05, 4.69) is 16.7 Å². The fourth-order valence-corrected chi connectivity index (χ4v) is 1.59. The molecule has 0 radical (unpaired) electrons. The normalized spacial score (nSPS) is 17.7. The Bertz CT molecular complexity index is 223. The summed E-state index contributed by atoms with van der Waals surface area (Å²) in [6.45, 7) is 2.64. The Labute approximate surface area is 86.0 Å². The van der Waals surface area contributed by atoms with E-state index in [1.165, 1.54) is 24.8 Å². The first-order valence-electron chi connectivity index (χ1n) is 5.37. The summed E-state index contributed by atoms with van der Waals surface area (Å²) in [5.41, 5.74) is 1.50. The molecule has 1 rings (SSSR count). The van der Waals surface area contributed by atoms with Crippen LogP contribution in [0, 0.1) is 0 Å². The second-order valence-electron chi connectivity index (χ2n) is 3.81. The van der Waals surface area contributed by atoms with Crippen LogP contribution in [0.4, 0.5) is 0 Å². The van der Waals surface area contributed by atoms with Crippen molar-refractivity contribution in [1.82, 2.24) is 10.6 Å². The topological polar surface area (TPSA) is 41.1 Å². The van der Waals surface area contributed by atoms with Crippen molar-refractivity contribution in [3.8, 4) is 0 Å². The van der Waals surface area contributed by atoms with Gasteiger partial charge in [0, 0.05) is 6.54 Å². The van der Waals surface area contributed by atoms with Crippen molar-refractivity contribution in [2.24, 2.45) is 0 Å². The zero-order valence-electron chi connectivity index (χ0n) is 9.10. The second-order valence-corrected chi connectivity index (χ2v) is 3.81. The van der Waals surface area contributed by atoms with Crippen LogP contribution >= 0.6 is 0 Å². The third-order valence-electron chi connectivity index (χ3n) is 2.71. The lowest BCUT2D eigenvalue weighted by molar-refractivity contribution is -0.122. The molecule has 1 atom stereocenters. The highest BCUT2D eigenvalue weighted by Gasteiger charge is 2.09. The molecule has 0 bridgehead atoms. The van der Waals surface area contributed by atoms with Gasteiger partial charge in [-0.2, -0.15) is 0 Å². The number of carbonyl (C=O) groups is 1. The number of hydrogen-bond acceptors (Lipinski definition) is 2. The molecule has 3 nitrogen and oxygen atoms in total. The van der Waals surface area contributed by atoms with Crippen molar-refractivity contribution < 1.29 is 4.79 Å². The molecule has 1 amide bonds. The van der Waals surface area contributed by atoms with Crippen LogP contribution in [-0.2, 0) is 4.79 Å². The Balaban J connectivity index is 2.11. The molecule has 0 aromatic carbocycles. The highest BCUT2D eigenvalue weighted by Crippen LogP contribution is 2.19. The molecule has 0 saturated carbocycles. The fraction of sp³-hybridized carbons (Fsp3) is 0.727. The van der Waals surface area contributed by atoms with E-state index >= 15 is 0 Å². The number of likely N-dealkylation sites (N-methyl/N-ethyl adjacent to an activating group) is 1. The first-order chi connectivity index (χ1) is 6.74. The maximum absolute atomic E-state index is 11.4. The van der Waals surface area contributed by atoms with Crippen molar-refractivity contribution in [3.63, 3.8) is 0 Å². The van der Waals surface area contributed by atoms with Gasteiger partial charge in [0.05, 0.1) is 6.04 Å². The van der Waals surface area contributed by atoms with E-state index in [9.17, 15) is 4.79 Å². The van der Waals surface area contributed by atoms with Crippen LogP contribution < -0.4 is 10.6 Å². The fourth-order valence-electron chi connectivity index (χ4n) is 1.59. The second kappa shape index (κ2) is 5.81. The summed E-state index contributed by atoms with van der Waals surface area (Å²) in [6.07, 6.45) is 7.04. The van der Waals surface area contributed by atoms with E-state index in [0.717, 1.165) is 13.0 Å². The van der Waals surface area contributed by atoms with Crippen LogP contribution in [0.25, 0.3) is 0 Å². The van der Waals surface area contributed by atoms with Gasteiger partial charge >= 0.3 is 0 Å². The van der Waals surface area contributed by atoms with Crippen LogP contribution in [-0.4, -0.2) is 25.5 Å². The van der Waals surface area contributed by atoms with Crippen molar-refractivity contribution in [3.05, 3.63) is 11.6 Å². The monoisotopic (exact) mass is 196 g/mol. The first kappa shape index (κ1) is 11.2. The van der Waals surface area contributed by atoms with E-state index in [-0.39, 0.29) is 11.9 Å². The van der Waals surface area contributed by atoms with Crippen molar-refractivity contribution >= 4 is 5.91 Å². The van der Waals surface area contributed by atoms with Crippen molar-refractivity contribution in [2.75, 3.05) is 13.6 Å². The predicted octanol–water partition coefficient (Wildman–Crippen LogP) is 1.21. The molecule has 1 unspecified atom stereocenters. The number of rotatable bonds is 5. The number of allylic oxidation sites excluding steroid dienone is 1. The third-order valence-corrected chi connectivity index (χ3v) is 2.71. The molecule has 0 saturated heterocycles. The standard InChI is InChI=1S/C11H20N2O/c1-9(12-2)11(14)13-8-7-10-5-3-4-6-10/h5,9,12H,3-4,6-8H2,1-2H3,(H,13,14). The molecule has 80 valence electrons. The van der Waals surface area contributed by atoms with Gasteiger partial charge in [-0.3, -0.25) is 4.79 Å². The Morgan fingerprint density at radius 2 is 2.43 bits per heavy atom. The molecule has 0 aliphatic heterocycles. The van der Waals surface area contributed by atoms with Gasteiger partial charge in [0.25, 0.3) is 0 Å². The molecule has 0 aromatic rings. The zero-order chi connectivity index (χ0) is 10.4. The Kier molecular flexibility index (Phi) is 4.66. The number of amides is 1. The smallest absolute Gasteiger partial charge is 0.236 e. The van der Waals surface area contributed by atoms with E-state index in [0.29, 0.717) is 0 Å². The summed E-state index contributed by atoms with van der Waals surface area (Å²) in [5.74, 6) is 0.0890. The third kappa shape index (κ3) is 3.50. The zero-order valence-corrected chi connectivity index (χ0v) is 9.10. The molecule has 0 fully saturated rings. The minimum absolute atomic E-state index is 0.0890. The van der Waals surface area contributed by atoms with Gasteiger partial charge in [0.15, 0.2) is 0 Å². The summed E-state index contributed by atoms with van der Waals surface area (Å²) >= 11 is 0. The minimum atomic E-state index is -0.0902. The summed E-state index contributed by atoms with van der Waals surface area (Å²) in [5, 5.41) is 5.83. The van der Waals surface area contributed by atoms with Crippen LogP contribution in [0.1, 0.15) is 32.6 Å². The highest BCUT2D eigenvalue weighted by atomic mass is 16.2. The summed E-state index contributed by atoms with van der Waals surface area (Å²) < 4.78 is 0. The van der Waals surface area contributed by atoms with Crippen LogP contribution in [0.3, 0.4) is 0 Å². The summed E-state index contributed by atoms with van der Waals surface area (Å²) in [6, 6.07) is -0.0902. The molecule has 1 aliphatic carbocycles. The lowest BCUT2D eigenvalue weighted by Crippen LogP contribution is -2.40. The van der Waals surface area contributed by atoms with Gasteiger partial charge in [-0.15, -0.1) is 0 Å². The van der Waals surface area contributed by atoms with Gasteiger partial charge in [0.1, 0.15) is 0 Å². The Morgan fingerprint density at radius 1 is 1.64 bits per heavy atom. The van der Waals surface area contributed by atoms with Gasteiger partial charge in [-0.25, -0.2) is 0 Å². The quantitative estimate of drug-likeness (QED) is 0.649. The molecule has 0 heterocycles. The van der Waals surface area contributed by atoms with Crippen LogP contribution in [0.15, 0.2) is 11.6 Å². The summed E-state index contributed by atoms with van der Waals surface area (Å²) in [7, 11) is 1.80. The maximum atomic E-state index is 11.4. The largest absolute Gasteiger partial charge is 0.354 e. The number of hydrogen-bond donors (Lipinski definition) is 2. The summed E-state index contributed by atoms with van der Waals surface area (Å²) in [4.78, 5) is 11.4. The van der Waals surface area contributed by atoms with Crippen molar-refractivity contribution in [1.29, 1.82) is 0 Å². The minimum Gasteiger partial charge on any atom is -0.354 e. The van der Waals surface area contributed by atoms with Gasteiger partial charge in [-0.1, -0.05) is 11.6 Å². The van der Waals surface area contributed by atoms with E-state index in [4.69, 9.17) is 0 Å². The molecule has 0 aromatic heterocycles. The average molecular weight is 196 g/mol. The van der Waals surface area contributed by atoms with E-state index in [1.807, 2.05) is 6.92 Å². The van der Waals surface area contributed by atoms with Crippen molar-refractivity contribution in [2.45, 2.75) is 38.6 Å². The predicted molar refractivity (Wildman–Crippen MR) is 58.1 cm³/mol. The SMILES string of the molecule is CNC(C)C(=O)NCCC1=CCCC1. The van der Waals surface area contributed by atoms with Crippen LogP contribution in [0.5, 0.6) is 0 Å². The molecule has 3 heteroatoms. The average Bonchev–Trinajstić information content (AvgIpc) is 2.69. The molecule has 1 aliphatic rings. The molecular weight excluding hydrogens is 176 g/mol. The first-order valence-corrected chi connectivity index (χ1v) is 5.37. The van der Waals surface area contributed by atoms with Gasteiger partial charge in [0.2, 0.25) is 5.91 Å². The van der Waals surface area contributed by atoms with Crippen LogP contribution in [0.2, 0.25) is 0 Å². The lowest BCUT2D eigenvalue weighted by Gasteiger charge is -2.10. The highest BCUT2D eigenvalue weighted by molar-refractivity contribution is 5.81. The molecule has 0 spiro atoms. The Morgan fingerprint density at radius 3 is 3.00 bits per heavy atom. The van der Waals surface area contributed by atoms with E-state index in [1.54, 1.807) is 7.05 Å². The van der Waals surface area contributed by atoms with Gasteiger partial charge in [-0.05, 0) is 39.7 Å².